The summed E-state index contributed by atoms with van der Waals surface area (Å²) >= 11 is 1.20. The van der Waals surface area contributed by atoms with Crippen molar-refractivity contribution in [3.63, 3.8) is 0 Å². The number of rotatable bonds is 41. The number of esters is 4. The van der Waals surface area contributed by atoms with Gasteiger partial charge in [-0.25, -0.2) is 0 Å². The van der Waals surface area contributed by atoms with Crippen molar-refractivity contribution in [3.8, 4) is 22.9 Å². The molecule has 0 saturated carbocycles. The number of alkyl halides is 20. The minimum Gasteiger partial charge on any atom is -0.506 e. The van der Waals surface area contributed by atoms with E-state index in [9.17, 15) is 110 Å². The van der Waals surface area contributed by atoms with Crippen LogP contribution in [0.1, 0.15) is 124 Å². The highest BCUT2D eigenvalue weighted by atomic mass is 32.2. The number of aromatic nitrogens is 3. The van der Waals surface area contributed by atoms with Crippen molar-refractivity contribution in [2.75, 3.05) is 45.0 Å². The number of halogens is 20. The highest BCUT2D eigenvalue weighted by molar-refractivity contribution is 7.98. The van der Waals surface area contributed by atoms with Crippen molar-refractivity contribution >= 4 is 52.6 Å². The molecule has 1 heterocycles. The van der Waals surface area contributed by atoms with Crippen molar-refractivity contribution in [3.05, 3.63) is 71.8 Å². The summed E-state index contributed by atoms with van der Waals surface area (Å²) in [6, 6.07) is 14.2. The Bertz CT molecular complexity index is 3470. The van der Waals surface area contributed by atoms with Crippen LogP contribution < -0.4 is 5.32 Å². The molecule has 0 fully saturated rings. The largest absolute Gasteiger partial charge is 0.506 e. The van der Waals surface area contributed by atoms with Gasteiger partial charge in [-0.05, 0) is 125 Å². The first-order chi connectivity index (χ1) is 46.1. The number of phenols is 3. The molecule has 0 aliphatic rings. The predicted molar refractivity (Wildman–Crippen MR) is 323 cm³/mol. The van der Waals surface area contributed by atoms with Gasteiger partial charge in [0.25, 0.3) is 0 Å². The molecule has 0 radical (unpaired) electrons. The molecule has 5 unspecified atom stereocenters. The maximum absolute atomic E-state index is 15.3. The number of benzene rings is 3. The van der Waals surface area contributed by atoms with Gasteiger partial charge in [0.2, 0.25) is 5.91 Å². The van der Waals surface area contributed by atoms with Crippen LogP contribution in [0, 0.1) is 28.1 Å². The topological polar surface area (TPSA) is 226 Å². The van der Waals surface area contributed by atoms with Gasteiger partial charge in [0.05, 0.1) is 61.9 Å². The van der Waals surface area contributed by atoms with E-state index in [0.717, 1.165) is 30.8 Å². The minimum atomic E-state index is -7.54. The molecule has 16 nitrogen and oxygen atoms in total. The van der Waals surface area contributed by atoms with Gasteiger partial charge in [0.1, 0.15) is 22.5 Å². The van der Waals surface area contributed by atoms with Crippen LogP contribution in [-0.2, 0) is 55.8 Å². The second kappa shape index (κ2) is 32.6. The molecule has 0 aliphatic heterocycles. The quantitative estimate of drug-likeness (QED) is 0.0107. The van der Waals surface area contributed by atoms with E-state index < -0.39 is 214 Å². The Morgan fingerprint density at radius 3 is 1.36 bits per heavy atom. The molecule has 1 aromatic heterocycles. The first kappa shape index (κ1) is 86.2. The van der Waals surface area contributed by atoms with Crippen LogP contribution in [0.2, 0.25) is 0 Å². The normalized spacial score (nSPS) is 15.8. The van der Waals surface area contributed by atoms with E-state index in [1.807, 2.05) is 0 Å². The first-order valence-corrected chi connectivity index (χ1v) is 32.4. The lowest BCUT2D eigenvalue weighted by atomic mass is 9.67. The van der Waals surface area contributed by atoms with Gasteiger partial charge >= 0.3 is 83.1 Å². The zero-order valence-electron chi connectivity index (χ0n) is 55.5. The van der Waals surface area contributed by atoms with Crippen LogP contribution >= 0.6 is 11.8 Å². The second-order valence-corrected chi connectivity index (χ2v) is 26.4. The molecule has 101 heavy (non-hydrogen) atoms. The van der Waals surface area contributed by atoms with E-state index in [4.69, 9.17) is 18.9 Å². The fourth-order valence-electron chi connectivity index (χ4n) is 10.7. The van der Waals surface area contributed by atoms with Gasteiger partial charge in [-0.2, -0.15) is 99.6 Å². The molecular formula is C64H76F20N4O12S. The van der Waals surface area contributed by atoms with Crippen molar-refractivity contribution in [2.24, 2.45) is 28.1 Å². The zero-order chi connectivity index (χ0) is 77.2. The number of thioether (sulfide) groups is 1. The molecule has 0 saturated heterocycles. The van der Waals surface area contributed by atoms with Crippen molar-refractivity contribution < 1.29 is 146 Å². The number of hydrogen-bond donors (Lipinski definition) is 4. The fourth-order valence-corrected chi connectivity index (χ4v) is 11.1. The van der Waals surface area contributed by atoms with Crippen molar-refractivity contribution in [2.45, 2.75) is 185 Å². The summed E-state index contributed by atoms with van der Waals surface area (Å²) in [5.41, 5.74) is -5.17. The molecule has 1 amide bonds. The smallest absolute Gasteiger partial charge is 0.384 e. The number of nitrogens with one attached hydrogen (secondary N) is 1. The Morgan fingerprint density at radius 1 is 0.495 bits per heavy atom. The fraction of sp³-hybridized carbons (Fsp3) is 0.641. The highest BCUT2D eigenvalue weighted by Gasteiger charge is 2.86. The van der Waals surface area contributed by atoms with Crippen LogP contribution in [0.25, 0.3) is 16.7 Å². The molecule has 0 bridgehead atoms. The Balaban J connectivity index is 1.88. The average molecular weight is 1510 g/mol. The van der Waals surface area contributed by atoms with Crippen molar-refractivity contribution in [1.82, 2.24) is 20.3 Å². The first-order valence-electron chi connectivity index (χ1n) is 31.0. The number of nitrogens with zero attached hydrogens (tertiary/aromatic N) is 3. The van der Waals surface area contributed by atoms with E-state index in [-0.39, 0.29) is 55.8 Å². The lowest BCUT2D eigenvalue weighted by Crippen LogP contribution is -2.66. The Morgan fingerprint density at radius 2 is 0.921 bits per heavy atom. The summed E-state index contributed by atoms with van der Waals surface area (Å²) in [5.74, 6) is -82.5. The molecular weight excluding hydrogens is 1430 g/mol. The minimum absolute atomic E-state index is 0.000261. The second-order valence-electron chi connectivity index (χ2n) is 25.5. The summed E-state index contributed by atoms with van der Waals surface area (Å²) in [6.07, 6.45) is -9.63. The van der Waals surface area contributed by atoms with E-state index >= 15 is 17.6 Å². The average Bonchev–Trinajstić information content (AvgIpc) is 1.28. The maximum atomic E-state index is 15.3. The van der Waals surface area contributed by atoms with Gasteiger partial charge < -0.3 is 39.6 Å². The SMILES string of the molecule is CCCC(C)(CC(CC(C)(CC(CC(C)(CC)C(=O)OCCc1ccc(O)c(-n2nc3ccccc3n2)c1)C(=O)OCCC(F)(F)C(F)(F)C(F)(F)C(F)(F)C(C)(F)F)C(=O)OCCCSC)C(=O)OCCC(F)(F)C(F)(F)C(F)(F)C(F)(F)C(C)(F)F)C(=O)NCCc1ccc(O)c(O)c1. The van der Waals surface area contributed by atoms with Gasteiger partial charge in [-0.3, -0.25) is 24.0 Å². The monoisotopic (exact) mass is 1500 g/mol. The zero-order valence-corrected chi connectivity index (χ0v) is 56.3. The predicted octanol–water partition coefficient (Wildman–Crippen LogP) is 15.6. The Hall–Kier alpha value is -7.24. The van der Waals surface area contributed by atoms with Gasteiger partial charge in [-0.1, -0.05) is 51.5 Å². The third-order valence-electron chi connectivity index (χ3n) is 17.1. The Labute approximate surface area is 569 Å². The summed E-state index contributed by atoms with van der Waals surface area (Å²) in [7, 11) is 0. The summed E-state index contributed by atoms with van der Waals surface area (Å²) < 4.78 is 311. The van der Waals surface area contributed by atoms with Crippen molar-refractivity contribution in [1.29, 1.82) is 0 Å². The van der Waals surface area contributed by atoms with E-state index in [1.54, 1.807) is 30.5 Å². The molecule has 4 N–H and O–H groups in total. The number of carbonyl (C=O) groups is 5. The van der Waals surface area contributed by atoms with Gasteiger partial charge in [-0.15, -0.1) is 15.0 Å². The summed E-state index contributed by atoms with van der Waals surface area (Å²) in [6.45, 7) is -1.83. The number of hydrogen-bond acceptors (Lipinski definition) is 15. The van der Waals surface area contributed by atoms with Crippen LogP contribution in [-0.4, -0.2) is 164 Å². The van der Waals surface area contributed by atoms with Gasteiger partial charge in [0.15, 0.2) is 11.5 Å². The lowest BCUT2D eigenvalue weighted by Gasteiger charge is -2.39. The Kier molecular flexibility index (Phi) is 27.8. The molecule has 0 aliphatic carbocycles. The third kappa shape index (κ3) is 19.3. The number of ether oxygens (including phenoxy) is 4. The van der Waals surface area contributed by atoms with Crippen LogP contribution in [0.4, 0.5) is 87.8 Å². The van der Waals surface area contributed by atoms with Gasteiger partial charge in [0, 0.05) is 32.2 Å². The summed E-state index contributed by atoms with van der Waals surface area (Å²) in [5, 5.41) is 41.7. The molecule has 570 valence electrons. The summed E-state index contributed by atoms with van der Waals surface area (Å²) in [4.78, 5) is 73.8. The lowest BCUT2D eigenvalue weighted by molar-refractivity contribution is -0.399. The van der Waals surface area contributed by atoms with Crippen LogP contribution in [0.15, 0.2) is 60.7 Å². The maximum Gasteiger partial charge on any atom is 0.384 e. The van der Waals surface area contributed by atoms with E-state index in [1.165, 1.54) is 56.8 Å². The molecule has 37 heteroatoms. The van der Waals surface area contributed by atoms with E-state index in [0.29, 0.717) is 22.2 Å². The molecule has 0 spiro atoms. The number of carbonyl (C=O) groups excluding carboxylic acids is 5. The molecule has 5 atom stereocenters. The molecule has 4 aromatic rings. The molecule has 3 aromatic carbocycles. The van der Waals surface area contributed by atoms with E-state index in [2.05, 4.69) is 15.5 Å². The highest BCUT2D eigenvalue weighted by Crippen LogP contribution is 2.59. The number of phenolic OH excluding ortho intramolecular Hbond substituents is 3. The van der Waals surface area contributed by atoms with Crippen LogP contribution in [0.3, 0.4) is 0 Å². The number of amides is 1. The number of aromatic hydroxyl groups is 3. The molecule has 4 rings (SSSR count). The number of fused-ring (bicyclic) bond motifs is 1. The third-order valence-corrected chi connectivity index (χ3v) is 17.8. The standard InChI is InChI=1S/C64H76F20N4O12S/c1-9-22-53(4,49(94)85-25-20-37-17-19-45(90)46(91)32-37)34-40(48(93)98-29-24-58(71,72)62(79,80)64(83,84)60(75,76)56(7,67)68)36-54(5,51(96)99-26-13-30-101-8)35-39(47(92)97-28-23-57(69,70)61(77,78)63(81,82)59(73,74)55(6,65)66)33-52(3,10-2)50(95)100-27-21-38-16-18-44(89)43(31-38)88-86-41-14-11-12-15-42(41)87-88/h11-12,14-19,31-32,39-40,89-91H,9-10,13,20-30,33-36H2,1-8H3,(H,85,94). The van der Waals surface area contributed by atoms with Crippen LogP contribution in [0.5, 0.6) is 17.2 Å².